The van der Waals surface area contributed by atoms with E-state index >= 15 is 0 Å². The minimum atomic E-state index is -0.0517. The molecule has 0 saturated heterocycles. The van der Waals surface area contributed by atoms with Gasteiger partial charge in [0.2, 0.25) is 5.91 Å². The Morgan fingerprint density at radius 1 is 1.11 bits per heavy atom. The molecule has 2 N–H and O–H groups in total. The van der Waals surface area contributed by atoms with E-state index in [1.165, 1.54) is 18.4 Å². The van der Waals surface area contributed by atoms with Crippen molar-refractivity contribution in [3.05, 3.63) is 54.1 Å². The lowest BCUT2D eigenvalue weighted by molar-refractivity contribution is -0.116. The number of hydrogen-bond donors (Lipinski definition) is 2. The fourth-order valence-electron chi connectivity index (χ4n) is 3.35. The lowest BCUT2D eigenvalue weighted by Gasteiger charge is -2.23. The summed E-state index contributed by atoms with van der Waals surface area (Å²) in [6.07, 6.45) is 2.87. The van der Waals surface area contributed by atoms with Gasteiger partial charge in [0.1, 0.15) is 11.5 Å². The molecule has 0 radical (unpaired) electrons. The van der Waals surface area contributed by atoms with Crippen LogP contribution in [0.15, 0.2) is 48.5 Å². The molecule has 0 bridgehead atoms. The van der Waals surface area contributed by atoms with Crippen molar-refractivity contribution in [1.82, 2.24) is 5.32 Å². The van der Waals surface area contributed by atoms with Gasteiger partial charge in [0.25, 0.3) is 0 Å². The summed E-state index contributed by atoms with van der Waals surface area (Å²) in [4.78, 5) is 12.5. The summed E-state index contributed by atoms with van der Waals surface area (Å²) in [5.41, 5.74) is 1.91. The molecule has 1 aliphatic carbocycles. The molecule has 0 aliphatic heterocycles. The molecule has 0 heterocycles. The number of anilines is 1. The standard InChI is InChI=1S/C22H28N2O3/c1-15(23-22(17-9-10-17)16-7-5-4-6-8-16)13-21(25)24-19-14-18(26-2)11-12-20(19)27-3/h4-8,11-12,14-15,17,22-23H,9-10,13H2,1-3H3,(H,24,25). The van der Waals surface area contributed by atoms with Crippen molar-refractivity contribution in [3.63, 3.8) is 0 Å². The second-order valence-corrected chi connectivity index (χ2v) is 7.11. The Bertz CT molecular complexity index is 759. The second kappa shape index (κ2) is 8.91. The van der Waals surface area contributed by atoms with Crippen molar-refractivity contribution in [3.8, 4) is 11.5 Å². The van der Waals surface area contributed by atoms with Gasteiger partial charge in [-0.3, -0.25) is 4.79 Å². The zero-order valence-corrected chi connectivity index (χ0v) is 16.2. The molecule has 2 aromatic carbocycles. The van der Waals surface area contributed by atoms with Crippen LogP contribution in [0.5, 0.6) is 11.5 Å². The van der Waals surface area contributed by atoms with E-state index < -0.39 is 0 Å². The molecular weight excluding hydrogens is 340 g/mol. The quantitative estimate of drug-likeness (QED) is 0.698. The van der Waals surface area contributed by atoms with E-state index in [2.05, 4.69) is 41.8 Å². The van der Waals surface area contributed by atoms with Crippen LogP contribution in [0.4, 0.5) is 5.69 Å². The summed E-state index contributed by atoms with van der Waals surface area (Å²) in [7, 11) is 3.18. The van der Waals surface area contributed by atoms with Crippen LogP contribution in [-0.2, 0) is 4.79 Å². The molecule has 0 spiro atoms. The van der Waals surface area contributed by atoms with Gasteiger partial charge in [0.05, 0.1) is 19.9 Å². The van der Waals surface area contributed by atoms with Crippen molar-refractivity contribution in [2.75, 3.05) is 19.5 Å². The number of hydrogen-bond acceptors (Lipinski definition) is 4. The Labute approximate surface area is 161 Å². The minimum Gasteiger partial charge on any atom is -0.497 e. The number of carbonyl (C=O) groups excluding carboxylic acids is 1. The maximum absolute atomic E-state index is 12.5. The molecule has 27 heavy (non-hydrogen) atoms. The third-order valence-corrected chi connectivity index (χ3v) is 4.89. The van der Waals surface area contributed by atoms with E-state index in [9.17, 15) is 4.79 Å². The maximum atomic E-state index is 12.5. The van der Waals surface area contributed by atoms with Gasteiger partial charge in [-0.1, -0.05) is 30.3 Å². The highest BCUT2D eigenvalue weighted by atomic mass is 16.5. The Morgan fingerprint density at radius 3 is 2.48 bits per heavy atom. The molecule has 1 fully saturated rings. The van der Waals surface area contributed by atoms with Gasteiger partial charge in [-0.05, 0) is 43.4 Å². The van der Waals surface area contributed by atoms with E-state index in [1.54, 1.807) is 32.4 Å². The van der Waals surface area contributed by atoms with Gasteiger partial charge in [0.15, 0.2) is 0 Å². The zero-order valence-electron chi connectivity index (χ0n) is 16.2. The number of nitrogens with one attached hydrogen (secondary N) is 2. The van der Waals surface area contributed by atoms with Gasteiger partial charge < -0.3 is 20.1 Å². The van der Waals surface area contributed by atoms with Gasteiger partial charge >= 0.3 is 0 Å². The van der Waals surface area contributed by atoms with E-state index in [0.29, 0.717) is 35.6 Å². The fourth-order valence-corrected chi connectivity index (χ4v) is 3.35. The van der Waals surface area contributed by atoms with Crippen LogP contribution < -0.4 is 20.1 Å². The van der Waals surface area contributed by atoms with Gasteiger partial charge in [-0.25, -0.2) is 0 Å². The van der Waals surface area contributed by atoms with Crippen LogP contribution in [0.1, 0.15) is 37.8 Å². The molecule has 1 aliphatic rings. The molecule has 0 aromatic heterocycles. The summed E-state index contributed by atoms with van der Waals surface area (Å²) in [6.45, 7) is 2.06. The summed E-state index contributed by atoms with van der Waals surface area (Å²) < 4.78 is 10.6. The molecule has 2 aromatic rings. The highest BCUT2D eigenvalue weighted by Gasteiger charge is 2.33. The summed E-state index contributed by atoms with van der Waals surface area (Å²) in [5, 5.41) is 6.59. The predicted molar refractivity (Wildman–Crippen MR) is 107 cm³/mol. The van der Waals surface area contributed by atoms with E-state index in [1.807, 2.05) is 6.07 Å². The van der Waals surface area contributed by atoms with Crippen LogP contribution in [0.3, 0.4) is 0 Å². The minimum absolute atomic E-state index is 0.0517. The molecule has 1 saturated carbocycles. The Morgan fingerprint density at radius 2 is 1.85 bits per heavy atom. The average molecular weight is 368 g/mol. The second-order valence-electron chi connectivity index (χ2n) is 7.11. The lowest BCUT2D eigenvalue weighted by Crippen LogP contribution is -2.34. The van der Waals surface area contributed by atoms with E-state index in [0.717, 1.165) is 0 Å². The highest BCUT2D eigenvalue weighted by Crippen LogP contribution is 2.41. The maximum Gasteiger partial charge on any atom is 0.226 e. The summed E-state index contributed by atoms with van der Waals surface area (Å²) in [5.74, 6) is 1.90. The van der Waals surface area contributed by atoms with E-state index in [4.69, 9.17) is 9.47 Å². The number of ether oxygens (including phenoxy) is 2. The first-order valence-corrected chi connectivity index (χ1v) is 9.43. The monoisotopic (exact) mass is 368 g/mol. The Hall–Kier alpha value is -2.53. The molecule has 5 nitrogen and oxygen atoms in total. The topological polar surface area (TPSA) is 59.6 Å². The van der Waals surface area contributed by atoms with Crippen LogP contribution in [0, 0.1) is 5.92 Å². The zero-order chi connectivity index (χ0) is 19.2. The third kappa shape index (κ3) is 5.23. The SMILES string of the molecule is COc1ccc(OC)c(NC(=O)CC(C)NC(c2ccccc2)C2CC2)c1. The van der Waals surface area contributed by atoms with Crippen molar-refractivity contribution >= 4 is 11.6 Å². The van der Waals surface area contributed by atoms with E-state index in [-0.39, 0.29) is 11.9 Å². The molecular formula is C22H28N2O3. The van der Waals surface area contributed by atoms with Crippen LogP contribution >= 0.6 is 0 Å². The largest absolute Gasteiger partial charge is 0.497 e. The van der Waals surface area contributed by atoms with Crippen LogP contribution in [0.2, 0.25) is 0 Å². The fraction of sp³-hybridized carbons (Fsp3) is 0.409. The van der Waals surface area contributed by atoms with Gasteiger partial charge in [-0.15, -0.1) is 0 Å². The molecule has 3 rings (SSSR count). The van der Waals surface area contributed by atoms with Gasteiger partial charge in [-0.2, -0.15) is 0 Å². The first kappa shape index (κ1) is 19.2. The summed E-state index contributed by atoms with van der Waals surface area (Å²) >= 11 is 0. The van der Waals surface area contributed by atoms with Crippen molar-refractivity contribution in [1.29, 1.82) is 0 Å². The first-order valence-electron chi connectivity index (χ1n) is 9.43. The van der Waals surface area contributed by atoms with Crippen molar-refractivity contribution in [2.45, 2.75) is 38.3 Å². The van der Waals surface area contributed by atoms with Crippen molar-refractivity contribution in [2.24, 2.45) is 5.92 Å². The normalized spacial score (nSPS) is 15.7. The molecule has 144 valence electrons. The predicted octanol–water partition coefficient (Wildman–Crippen LogP) is 4.16. The molecule has 1 amide bonds. The Kier molecular flexibility index (Phi) is 6.35. The van der Waals surface area contributed by atoms with Crippen LogP contribution in [-0.4, -0.2) is 26.2 Å². The molecule has 5 heteroatoms. The van der Waals surface area contributed by atoms with Gasteiger partial charge in [0, 0.05) is 24.6 Å². The average Bonchev–Trinajstić information content (AvgIpc) is 3.51. The number of amides is 1. The lowest BCUT2D eigenvalue weighted by atomic mass is 10.0. The van der Waals surface area contributed by atoms with Crippen LogP contribution in [0.25, 0.3) is 0 Å². The highest BCUT2D eigenvalue weighted by molar-refractivity contribution is 5.92. The Balaban J connectivity index is 1.60. The smallest absolute Gasteiger partial charge is 0.226 e. The molecule has 2 unspecified atom stereocenters. The number of carbonyl (C=O) groups is 1. The first-order chi connectivity index (χ1) is 13.1. The number of rotatable bonds is 9. The number of methoxy groups -OCH3 is 2. The van der Waals surface area contributed by atoms with Crippen molar-refractivity contribution < 1.29 is 14.3 Å². The third-order valence-electron chi connectivity index (χ3n) is 4.89. The number of benzene rings is 2. The molecule has 2 atom stereocenters. The summed E-state index contributed by atoms with van der Waals surface area (Å²) in [6, 6.07) is 16.2.